The number of rotatable bonds is 13. The lowest BCUT2D eigenvalue weighted by atomic mass is 10.0. The van der Waals surface area contributed by atoms with E-state index in [0.717, 1.165) is 0 Å². The molecule has 1 aliphatic heterocycles. The van der Waals surface area contributed by atoms with Crippen molar-refractivity contribution in [3.05, 3.63) is 54.4 Å². The van der Waals surface area contributed by atoms with Gasteiger partial charge in [0.2, 0.25) is 15.9 Å². The zero-order valence-electron chi connectivity index (χ0n) is 26.3. The summed E-state index contributed by atoms with van der Waals surface area (Å²) >= 11 is 0. The fourth-order valence-corrected chi connectivity index (χ4v) is 6.31. The first-order valence-corrected chi connectivity index (χ1v) is 16.3. The summed E-state index contributed by atoms with van der Waals surface area (Å²) in [6.45, 7) is 6.65. The first kappa shape index (κ1) is 32.9. The molecular formula is C32H37N5O8S. The number of nitrogens with zero attached hydrogens (tertiary/aromatic N) is 3. The van der Waals surface area contributed by atoms with Crippen molar-refractivity contribution in [2.75, 3.05) is 39.4 Å². The molecule has 0 amide bonds. The molecule has 0 bridgehead atoms. The van der Waals surface area contributed by atoms with Crippen molar-refractivity contribution in [1.29, 1.82) is 0 Å². The molecular weight excluding hydrogens is 614 g/mol. The van der Waals surface area contributed by atoms with Crippen LogP contribution >= 0.6 is 0 Å². The number of ether oxygens (including phenoxy) is 5. The molecule has 2 aromatic heterocycles. The van der Waals surface area contributed by atoms with Crippen molar-refractivity contribution in [2.45, 2.75) is 50.7 Å². The topological polar surface area (TPSA) is 160 Å². The van der Waals surface area contributed by atoms with E-state index < -0.39 is 16.0 Å². The SMILES string of the molecule is CCCOC(=O)c1cc(Nc2c(S(=O)(=O)NC3CCOC3)cnc3cc(-c4cnc(OC)nc4OC)ccc23)cc(OC(C)C)c1. The summed E-state index contributed by atoms with van der Waals surface area (Å²) in [6, 6.07) is 10.0. The van der Waals surface area contributed by atoms with E-state index in [-0.39, 0.29) is 47.5 Å². The van der Waals surface area contributed by atoms with Crippen molar-refractivity contribution in [3.8, 4) is 28.8 Å². The van der Waals surface area contributed by atoms with Crippen LogP contribution in [0.1, 0.15) is 44.0 Å². The number of methoxy groups -OCH3 is 2. The number of esters is 1. The number of nitrogens with one attached hydrogen (secondary N) is 2. The molecule has 2 aromatic carbocycles. The first-order chi connectivity index (χ1) is 22.1. The Hall–Kier alpha value is -4.53. The maximum absolute atomic E-state index is 13.8. The number of aromatic nitrogens is 3. The molecule has 2 N–H and O–H groups in total. The van der Waals surface area contributed by atoms with Crippen LogP contribution in [-0.2, 0) is 19.5 Å². The molecule has 1 saturated heterocycles. The average Bonchev–Trinajstić information content (AvgIpc) is 3.54. The van der Waals surface area contributed by atoms with E-state index in [9.17, 15) is 13.2 Å². The van der Waals surface area contributed by atoms with Crippen LogP contribution in [-0.4, -0.2) is 75.5 Å². The minimum absolute atomic E-state index is 0.0738. The van der Waals surface area contributed by atoms with E-state index in [1.807, 2.05) is 20.8 Å². The van der Waals surface area contributed by atoms with Gasteiger partial charge in [-0.2, -0.15) is 4.98 Å². The van der Waals surface area contributed by atoms with Gasteiger partial charge in [-0.3, -0.25) is 4.98 Å². The van der Waals surface area contributed by atoms with Crippen LogP contribution in [0.15, 0.2) is 53.7 Å². The first-order valence-electron chi connectivity index (χ1n) is 14.9. The second-order valence-corrected chi connectivity index (χ2v) is 12.5. The number of pyridine rings is 1. The number of carbonyl (C=O) groups is 1. The van der Waals surface area contributed by atoms with Crippen LogP contribution in [0.2, 0.25) is 0 Å². The summed E-state index contributed by atoms with van der Waals surface area (Å²) in [5.74, 6) is 0.201. The lowest BCUT2D eigenvalue weighted by Gasteiger charge is -2.19. The van der Waals surface area contributed by atoms with E-state index in [1.54, 1.807) is 42.6 Å². The van der Waals surface area contributed by atoms with Gasteiger partial charge < -0.3 is 29.0 Å². The smallest absolute Gasteiger partial charge is 0.338 e. The summed E-state index contributed by atoms with van der Waals surface area (Å²) in [5.41, 5.74) is 2.70. The summed E-state index contributed by atoms with van der Waals surface area (Å²) in [6.07, 6.45) is 3.92. The molecule has 244 valence electrons. The average molecular weight is 652 g/mol. The largest absolute Gasteiger partial charge is 0.491 e. The minimum atomic E-state index is -4.07. The van der Waals surface area contributed by atoms with E-state index in [2.05, 4.69) is 25.0 Å². The van der Waals surface area contributed by atoms with Gasteiger partial charge in [-0.05, 0) is 50.5 Å². The Balaban J connectivity index is 1.64. The van der Waals surface area contributed by atoms with Crippen molar-refractivity contribution in [2.24, 2.45) is 0 Å². The third-order valence-corrected chi connectivity index (χ3v) is 8.55. The molecule has 13 nitrogen and oxygen atoms in total. The maximum Gasteiger partial charge on any atom is 0.338 e. The summed E-state index contributed by atoms with van der Waals surface area (Å²) in [4.78, 5) is 25.8. The highest BCUT2D eigenvalue weighted by atomic mass is 32.2. The van der Waals surface area contributed by atoms with E-state index in [0.29, 0.717) is 58.8 Å². The monoisotopic (exact) mass is 651 g/mol. The molecule has 14 heteroatoms. The third kappa shape index (κ3) is 7.46. The number of anilines is 2. The number of hydrogen-bond donors (Lipinski definition) is 2. The Labute approximate surface area is 267 Å². The van der Waals surface area contributed by atoms with Gasteiger partial charge in [-0.15, -0.1) is 0 Å². The second kappa shape index (κ2) is 14.3. The van der Waals surface area contributed by atoms with Gasteiger partial charge in [-0.1, -0.05) is 19.1 Å². The molecule has 5 rings (SSSR count). The molecule has 3 heterocycles. The second-order valence-electron chi connectivity index (χ2n) is 10.9. The zero-order chi connectivity index (χ0) is 32.8. The number of hydrogen-bond acceptors (Lipinski definition) is 12. The third-order valence-electron chi connectivity index (χ3n) is 7.01. The molecule has 0 spiro atoms. The van der Waals surface area contributed by atoms with Crippen LogP contribution in [0.25, 0.3) is 22.0 Å². The van der Waals surface area contributed by atoms with Crippen LogP contribution < -0.4 is 24.2 Å². The minimum Gasteiger partial charge on any atom is -0.491 e. The number of benzene rings is 2. The Morgan fingerprint density at radius 3 is 2.61 bits per heavy atom. The van der Waals surface area contributed by atoms with Crippen LogP contribution in [0, 0.1) is 0 Å². The van der Waals surface area contributed by atoms with Gasteiger partial charge in [0.25, 0.3) is 0 Å². The lowest BCUT2D eigenvalue weighted by Crippen LogP contribution is -2.35. The Bertz CT molecular complexity index is 1830. The Kier molecular flexibility index (Phi) is 10.2. The molecule has 1 fully saturated rings. The summed E-state index contributed by atoms with van der Waals surface area (Å²) in [7, 11) is -1.11. The van der Waals surface area contributed by atoms with Crippen molar-refractivity contribution >= 4 is 38.3 Å². The number of sulfonamides is 1. The fraction of sp³-hybridized carbons (Fsp3) is 0.375. The summed E-state index contributed by atoms with van der Waals surface area (Å²) < 4.78 is 57.6. The molecule has 0 radical (unpaired) electrons. The van der Waals surface area contributed by atoms with Crippen LogP contribution in [0.4, 0.5) is 11.4 Å². The highest BCUT2D eigenvalue weighted by Gasteiger charge is 2.28. The van der Waals surface area contributed by atoms with Gasteiger partial charge >= 0.3 is 12.0 Å². The number of carbonyl (C=O) groups excluding carboxylic acids is 1. The quantitative estimate of drug-likeness (QED) is 0.189. The van der Waals surface area contributed by atoms with Crippen molar-refractivity contribution < 1.29 is 36.9 Å². The molecule has 4 aromatic rings. The van der Waals surface area contributed by atoms with E-state index in [1.165, 1.54) is 20.4 Å². The van der Waals surface area contributed by atoms with Crippen LogP contribution in [0.3, 0.4) is 0 Å². The predicted octanol–water partition coefficient (Wildman–Crippen LogP) is 4.87. The van der Waals surface area contributed by atoms with Gasteiger partial charge in [-0.25, -0.2) is 22.9 Å². The molecule has 1 aliphatic rings. The fourth-order valence-electron chi connectivity index (χ4n) is 4.94. The summed E-state index contributed by atoms with van der Waals surface area (Å²) in [5, 5.41) is 3.77. The Morgan fingerprint density at radius 1 is 1.09 bits per heavy atom. The molecule has 1 atom stereocenters. The molecule has 1 unspecified atom stereocenters. The highest BCUT2D eigenvalue weighted by molar-refractivity contribution is 7.89. The van der Waals surface area contributed by atoms with Crippen molar-refractivity contribution in [3.63, 3.8) is 0 Å². The molecule has 0 saturated carbocycles. The molecule has 0 aliphatic carbocycles. The highest BCUT2D eigenvalue weighted by Crippen LogP contribution is 2.37. The van der Waals surface area contributed by atoms with Gasteiger partial charge in [0.1, 0.15) is 10.6 Å². The predicted molar refractivity (Wildman–Crippen MR) is 171 cm³/mol. The van der Waals surface area contributed by atoms with E-state index in [4.69, 9.17) is 23.7 Å². The zero-order valence-corrected chi connectivity index (χ0v) is 27.1. The van der Waals surface area contributed by atoms with Crippen LogP contribution in [0.5, 0.6) is 17.6 Å². The van der Waals surface area contributed by atoms with Gasteiger partial charge in [0.15, 0.2) is 0 Å². The maximum atomic E-state index is 13.8. The van der Waals surface area contributed by atoms with Gasteiger partial charge in [0, 0.05) is 42.2 Å². The normalized spacial score (nSPS) is 14.8. The lowest BCUT2D eigenvalue weighted by molar-refractivity contribution is 0.0504. The van der Waals surface area contributed by atoms with E-state index >= 15 is 0 Å². The standard InChI is InChI=1S/C32H37N5O8S/c1-6-10-44-31(38)21-12-23(15-24(13-21)45-19(2)3)35-29-25-8-7-20(26-16-34-32(42-5)36-30(26)41-4)14-27(25)33-17-28(29)46(39,40)37-22-9-11-43-18-22/h7-8,12-17,19,22,37H,6,9-11,18H2,1-5H3,(H,33,35). The van der Waals surface area contributed by atoms with Gasteiger partial charge in [0.05, 0.1) is 55.9 Å². The Morgan fingerprint density at radius 2 is 1.91 bits per heavy atom. The van der Waals surface area contributed by atoms with Crippen molar-refractivity contribution in [1.82, 2.24) is 19.7 Å². The number of fused-ring (bicyclic) bond motifs is 1. The molecule has 46 heavy (non-hydrogen) atoms.